The van der Waals surface area contributed by atoms with Crippen molar-refractivity contribution in [2.75, 3.05) is 0 Å². The van der Waals surface area contributed by atoms with E-state index in [4.69, 9.17) is 9.47 Å². The van der Waals surface area contributed by atoms with Gasteiger partial charge in [0.1, 0.15) is 11.4 Å². The van der Waals surface area contributed by atoms with E-state index in [1.54, 1.807) is 32.9 Å². The summed E-state index contributed by atoms with van der Waals surface area (Å²) < 4.78 is 10.0. The van der Waals surface area contributed by atoms with Gasteiger partial charge in [-0.2, -0.15) is 0 Å². The fraction of sp³-hybridized carbons (Fsp3) is 0.267. The quantitative estimate of drug-likeness (QED) is 0.512. The highest BCUT2D eigenvalue weighted by Gasteiger charge is 2.22. The first-order valence-corrected chi connectivity index (χ1v) is 6.33. The van der Waals surface area contributed by atoms with Crippen molar-refractivity contribution in [3.8, 4) is 5.75 Å². The molecule has 0 saturated carbocycles. The maximum Gasteiger partial charge on any atom is 0.514 e. The van der Waals surface area contributed by atoms with E-state index in [1.165, 1.54) is 18.2 Å². The Bertz CT molecular complexity index is 622. The Hall–Kier alpha value is -2.63. The molecule has 21 heavy (non-hydrogen) atoms. The fourth-order valence-electron chi connectivity index (χ4n) is 1.70. The number of ether oxygens (including phenoxy) is 2. The third-order valence-electron chi connectivity index (χ3n) is 2.51. The largest absolute Gasteiger partial charge is 0.514 e. The second-order valence-corrected chi connectivity index (χ2v) is 5.47. The molecule has 0 aromatic heterocycles. The first-order valence-electron chi connectivity index (χ1n) is 6.33. The molecule has 2 rings (SSSR count). The Morgan fingerprint density at radius 1 is 1.10 bits per heavy atom. The normalized spacial score (nSPS) is 14.5. The number of nitrogens with one attached hydrogen (secondary N) is 1. The lowest BCUT2D eigenvalue weighted by Gasteiger charge is -2.18. The van der Waals surface area contributed by atoms with E-state index in [2.05, 4.69) is 5.32 Å². The highest BCUT2D eigenvalue weighted by Crippen LogP contribution is 2.22. The van der Waals surface area contributed by atoms with E-state index >= 15 is 0 Å². The van der Waals surface area contributed by atoms with Crippen LogP contribution in [-0.2, 0) is 14.3 Å². The van der Waals surface area contributed by atoms with Gasteiger partial charge in [0.15, 0.2) is 0 Å². The molecule has 0 radical (unpaired) electrons. The molecule has 0 fully saturated rings. The lowest BCUT2D eigenvalue weighted by Crippen LogP contribution is -2.25. The predicted molar refractivity (Wildman–Crippen MR) is 74.4 cm³/mol. The first-order chi connectivity index (χ1) is 9.74. The van der Waals surface area contributed by atoms with Crippen LogP contribution in [0.5, 0.6) is 5.75 Å². The molecular formula is C15H15NO5. The standard InChI is InChI=1S/C15H15NO5/c1-15(2,3)21-14(19)20-10-6-4-9(5-7-10)11-8-12(17)16-13(11)18/h4-8H,1-3H3,(H,16,17,18). The highest BCUT2D eigenvalue weighted by atomic mass is 16.7. The lowest BCUT2D eigenvalue weighted by molar-refractivity contribution is -0.123. The molecule has 1 aliphatic heterocycles. The average Bonchev–Trinajstić information content (AvgIpc) is 2.67. The van der Waals surface area contributed by atoms with Gasteiger partial charge in [-0.15, -0.1) is 0 Å². The molecule has 1 N–H and O–H groups in total. The molecule has 110 valence electrons. The Kier molecular flexibility index (Phi) is 3.80. The SMILES string of the molecule is CC(C)(C)OC(=O)Oc1ccc(C2=CC(=O)NC2=O)cc1. The second-order valence-electron chi connectivity index (χ2n) is 5.47. The Morgan fingerprint density at radius 3 is 2.19 bits per heavy atom. The van der Waals surface area contributed by atoms with Gasteiger partial charge in [0, 0.05) is 6.08 Å². The summed E-state index contributed by atoms with van der Waals surface area (Å²) >= 11 is 0. The minimum atomic E-state index is -0.803. The molecular weight excluding hydrogens is 274 g/mol. The van der Waals surface area contributed by atoms with Crippen molar-refractivity contribution in [3.05, 3.63) is 35.9 Å². The van der Waals surface area contributed by atoms with Gasteiger partial charge in [-0.05, 0) is 38.5 Å². The van der Waals surface area contributed by atoms with Crippen molar-refractivity contribution >= 4 is 23.5 Å². The minimum Gasteiger partial charge on any atom is -0.428 e. The van der Waals surface area contributed by atoms with Gasteiger partial charge in [-0.25, -0.2) is 4.79 Å². The summed E-state index contributed by atoms with van der Waals surface area (Å²) in [7, 11) is 0. The lowest BCUT2D eigenvalue weighted by atomic mass is 10.1. The number of hydrogen-bond donors (Lipinski definition) is 1. The highest BCUT2D eigenvalue weighted by molar-refractivity contribution is 6.33. The van der Waals surface area contributed by atoms with Crippen LogP contribution in [0.25, 0.3) is 5.57 Å². The number of amides is 2. The number of imide groups is 1. The van der Waals surface area contributed by atoms with Crippen molar-refractivity contribution in [2.24, 2.45) is 0 Å². The molecule has 0 saturated heterocycles. The van der Waals surface area contributed by atoms with Gasteiger partial charge in [-0.1, -0.05) is 12.1 Å². The van der Waals surface area contributed by atoms with Crippen molar-refractivity contribution in [1.29, 1.82) is 0 Å². The smallest absolute Gasteiger partial charge is 0.428 e. The van der Waals surface area contributed by atoms with Gasteiger partial charge in [-0.3, -0.25) is 14.9 Å². The van der Waals surface area contributed by atoms with Crippen LogP contribution in [0, 0.1) is 0 Å². The molecule has 6 nitrogen and oxygen atoms in total. The van der Waals surface area contributed by atoms with Gasteiger partial charge >= 0.3 is 6.16 Å². The zero-order valence-electron chi connectivity index (χ0n) is 11.9. The van der Waals surface area contributed by atoms with Crippen LogP contribution in [0.4, 0.5) is 4.79 Å². The maximum atomic E-state index is 11.5. The van der Waals surface area contributed by atoms with E-state index < -0.39 is 23.6 Å². The summed E-state index contributed by atoms with van der Waals surface area (Å²) in [6, 6.07) is 6.22. The summed E-state index contributed by atoms with van der Waals surface area (Å²) in [5, 5.41) is 2.16. The van der Waals surface area contributed by atoms with Crippen LogP contribution >= 0.6 is 0 Å². The van der Waals surface area contributed by atoms with Crippen LogP contribution in [0.2, 0.25) is 0 Å². The molecule has 0 bridgehead atoms. The third kappa shape index (κ3) is 3.92. The summed E-state index contributed by atoms with van der Waals surface area (Å²) in [5.41, 5.74) is 0.211. The predicted octanol–water partition coefficient (Wildman–Crippen LogP) is 2.04. The number of carbonyl (C=O) groups excluding carboxylic acids is 3. The summed E-state index contributed by atoms with van der Waals surface area (Å²) in [6.45, 7) is 5.21. The molecule has 0 aliphatic carbocycles. The number of benzene rings is 1. The van der Waals surface area contributed by atoms with E-state index in [9.17, 15) is 14.4 Å². The van der Waals surface area contributed by atoms with Crippen LogP contribution in [0.3, 0.4) is 0 Å². The van der Waals surface area contributed by atoms with Gasteiger partial charge < -0.3 is 9.47 Å². The zero-order valence-corrected chi connectivity index (χ0v) is 11.9. The Labute approximate surface area is 121 Å². The van der Waals surface area contributed by atoms with Gasteiger partial charge in [0.25, 0.3) is 11.8 Å². The zero-order chi connectivity index (χ0) is 15.6. The average molecular weight is 289 g/mol. The third-order valence-corrected chi connectivity index (χ3v) is 2.51. The maximum absolute atomic E-state index is 11.5. The summed E-state index contributed by atoms with van der Waals surface area (Å²) in [6.07, 6.45) is 0.426. The van der Waals surface area contributed by atoms with E-state index in [0.717, 1.165) is 0 Å². The van der Waals surface area contributed by atoms with Gasteiger partial charge in [0.2, 0.25) is 0 Å². The van der Waals surface area contributed by atoms with Crippen molar-refractivity contribution in [2.45, 2.75) is 26.4 Å². The molecule has 1 heterocycles. The topological polar surface area (TPSA) is 81.7 Å². The van der Waals surface area contributed by atoms with E-state index in [-0.39, 0.29) is 5.57 Å². The number of hydrogen-bond acceptors (Lipinski definition) is 5. The number of rotatable bonds is 2. The molecule has 1 aromatic carbocycles. The minimum absolute atomic E-state index is 0.281. The van der Waals surface area contributed by atoms with E-state index in [1.807, 2.05) is 0 Å². The van der Waals surface area contributed by atoms with E-state index in [0.29, 0.717) is 11.3 Å². The summed E-state index contributed by atoms with van der Waals surface area (Å²) in [4.78, 5) is 34.1. The van der Waals surface area contributed by atoms with Crippen LogP contribution in [-0.4, -0.2) is 23.6 Å². The monoisotopic (exact) mass is 289 g/mol. The Morgan fingerprint density at radius 2 is 1.71 bits per heavy atom. The summed E-state index contributed by atoms with van der Waals surface area (Å²) in [5.74, 6) is -0.594. The van der Waals surface area contributed by atoms with Crippen molar-refractivity contribution in [3.63, 3.8) is 0 Å². The molecule has 1 aromatic rings. The number of carbonyl (C=O) groups is 3. The first kappa shape index (κ1) is 14.8. The molecule has 0 spiro atoms. The van der Waals surface area contributed by atoms with Crippen LogP contribution < -0.4 is 10.1 Å². The van der Waals surface area contributed by atoms with Gasteiger partial charge in [0.05, 0.1) is 5.57 Å². The van der Waals surface area contributed by atoms with Crippen LogP contribution in [0.15, 0.2) is 30.3 Å². The molecule has 0 atom stereocenters. The molecule has 1 aliphatic rings. The van der Waals surface area contributed by atoms with Crippen molar-refractivity contribution in [1.82, 2.24) is 5.32 Å². The molecule has 0 unspecified atom stereocenters. The fourth-order valence-corrected chi connectivity index (χ4v) is 1.70. The van der Waals surface area contributed by atoms with Crippen molar-refractivity contribution < 1.29 is 23.9 Å². The van der Waals surface area contributed by atoms with Crippen LogP contribution in [0.1, 0.15) is 26.3 Å². The Balaban J connectivity index is 2.06. The second kappa shape index (κ2) is 5.40. The molecule has 6 heteroatoms. The molecule has 2 amide bonds.